The minimum atomic E-state index is -2.82. The third-order valence-corrected chi connectivity index (χ3v) is 5.29. The molecule has 0 amide bonds. The fourth-order valence-electron chi connectivity index (χ4n) is 1.92. The van der Waals surface area contributed by atoms with Crippen molar-refractivity contribution in [3.63, 3.8) is 0 Å². The van der Waals surface area contributed by atoms with Gasteiger partial charge in [-0.1, -0.05) is 38.0 Å². The summed E-state index contributed by atoms with van der Waals surface area (Å²) in [7, 11) is -2.82. The number of nitrogens with zero attached hydrogens (tertiary/aromatic N) is 1. The highest BCUT2D eigenvalue weighted by Crippen LogP contribution is 2.41. The van der Waals surface area contributed by atoms with Crippen molar-refractivity contribution in [3.05, 3.63) is 30.3 Å². The number of unbranched alkanes of at least 4 members (excludes halogenated alkanes) is 1. The number of para-hydroxylation sites is 1. The molecule has 0 N–H and O–H groups in total. The van der Waals surface area contributed by atoms with E-state index in [-0.39, 0.29) is 6.61 Å². The van der Waals surface area contributed by atoms with E-state index in [1.54, 1.807) is 38.1 Å². The van der Waals surface area contributed by atoms with Crippen molar-refractivity contribution < 1.29 is 18.6 Å². The molecule has 0 aliphatic carbocycles. The number of carbonyl (C=O) groups is 1. The lowest BCUT2D eigenvalue weighted by molar-refractivity contribution is -0.152. The van der Waals surface area contributed by atoms with Crippen LogP contribution in [0.1, 0.15) is 40.0 Å². The highest BCUT2D eigenvalue weighted by molar-refractivity contribution is 7.38. The Morgan fingerprint density at radius 1 is 1.32 bits per heavy atom. The third-order valence-electron chi connectivity index (χ3n) is 3.27. The molecule has 0 aliphatic rings. The van der Waals surface area contributed by atoms with Crippen LogP contribution < -0.4 is 4.52 Å². The topological polar surface area (TPSA) is 55.8 Å². The Hall–Kier alpha value is -1.03. The second-order valence-corrected chi connectivity index (χ2v) is 6.86. The van der Waals surface area contributed by atoms with Crippen LogP contribution in [0, 0.1) is 0 Å². The van der Waals surface area contributed by atoms with Gasteiger partial charge >= 0.3 is 14.1 Å². The zero-order chi connectivity index (χ0) is 16.6. The molecular formula is C15H23ClNO4P. The number of rotatable bonds is 9. The second-order valence-electron chi connectivity index (χ2n) is 5.06. The molecule has 0 saturated carbocycles. The molecule has 7 heteroatoms. The van der Waals surface area contributed by atoms with Crippen LogP contribution in [-0.4, -0.2) is 22.3 Å². The fourth-order valence-corrected chi connectivity index (χ4v) is 3.20. The van der Waals surface area contributed by atoms with E-state index in [1.165, 1.54) is 0 Å². The predicted octanol–water partition coefficient (Wildman–Crippen LogP) is 4.42. The Bertz CT molecular complexity index is 500. The largest absolute Gasteiger partial charge is 0.465 e. The minimum absolute atomic E-state index is 0.242. The van der Waals surface area contributed by atoms with Gasteiger partial charge in [0.2, 0.25) is 0 Å². The Kier molecular flexibility index (Phi) is 7.94. The zero-order valence-corrected chi connectivity index (χ0v) is 14.9. The van der Waals surface area contributed by atoms with Crippen LogP contribution in [0.2, 0.25) is 0 Å². The summed E-state index contributed by atoms with van der Waals surface area (Å²) in [6, 6.07) is 8.73. The lowest BCUT2D eigenvalue weighted by Gasteiger charge is -2.33. The summed E-state index contributed by atoms with van der Waals surface area (Å²) >= 11 is 6.20. The number of benzene rings is 1. The van der Waals surface area contributed by atoms with Crippen LogP contribution in [-0.2, 0) is 14.1 Å². The summed E-state index contributed by atoms with van der Waals surface area (Å²) in [6.07, 6.45) is 2.10. The molecule has 0 saturated heterocycles. The molecule has 1 rings (SSSR count). The summed E-state index contributed by atoms with van der Waals surface area (Å²) in [6.45, 7) is 5.60. The van der Waals surface area contributed by atoms with E-state index in [1.807, 2.05) is 13.0 Å². The van der Waals surface area contributed by atoms with Crippen LogP contribution in [0.25, 0.3) is 0 Å². The second kappa shape index (κ2) is 9.19. The molecule has 1 aromatic carbocycles. The van der Waals surface area contributed by atoms with Gasteiger partial charge < -0.3 is 9.26 Å². The first-order valence-electron chi connectivity index (χ1n) is 7.35. The average molecular weight is 348 g/mol. The van der Waals surface area contributed by atoms with Crippen molar-refractivity contribution in [1.82, 2.24) is 4.19 Å². The molecule has 0 heterocycles. The van der Waals surface area contributed by atoms with Gasteiger partial charge in [-0.2, -0.15) is 0 Å². The van der Waals surface area contributed by atoms with Gasteiger partial charge in [0.25, 0.3) is 0 Å². The van der Waals surface area contributed by atoms with Crippen molar-refractivity contribution in [2.24, 2.45) is 0 Å². The molecule has 0 aliphatic heterocycles. The number of halogens is 1. The van der Waals surface area contributed by atoms with Crippen LogP contribution in [0.4, 0.5) is 0 Å². The van der Waals surface area contributed by atoms with E-state index >= 15 is 0 Å². The summed E-state index contributed by atoms with van der Waals surface area (Å²) in [5.41, 5.74) is -1.18. The maximum Gasteiger partial charge on any atom is 0.328 e. The van der Waals surface area contributed by atoms with E-state index in [2.05, 4.69) is 0 Å². The minimum Gasteiger partial charge on any atom is -0.465 e. The van der Waals surface area contributed by atoms with Gasteiger partial charge in [0.15, 0.2) is 0 Å². The summed E-state index contributed by atoms with van der Waals surface area (Å²) in [5.74, 6) is -0.0489. The van der Waals surface area contributed by atoms with Crippen molar-refractivity contribution in [3.8, 4) is 5.75 Å². The van der Waals surface area contributed by atoms with Crippen LogP contribution in [0.5, 0.6) is 5.75 Å². The van der Waals surface area contributed by atoms with Crippen molar-refractivity contribution >= 4 is 25.9 Å². The Balaban J connectivity index is 2.88. The molecule has 22 heavy (non-hydrogen) atoms. The third kappa shape index (κ3) is 5.01. The first kappa shape index (κ1) is 19.0. The van der Waals surface area contributed by atoms with Crippen molar-refractivity contribution in [2.45, 2.75) is 45.6 Å². The van der Waals surface area contributed by atoms with Crippen molar-refractivity contribution in [1.29, 1.82) is 0 Å². The summed E-state index contributed by atoms with van der Waals surface area (Å²) in [4.78, 5) is 12.2. The molecule has 1 unspecified atom stereocenters. The van der Waals surface area contributed by atoms with Gasteiger partial charge in [-0.15, -0.1) is 4.19 Å². The molecule has 124 valence electrons. The summed E-state index contributed by atoms with van der Waals surface area (Å²) in [5, 5.41) is 0. The fraction of sp³-hybridized carbons (Fsp3) is 0.533. The Morgan fingerprint density at radius 2 is 1.95 bits per heavy atom. The highest BCUT2D eigenvalue weighted by Gasteiger charge is 2.43. The van der Waals surface area contributed by atoms with Gasteiger partial charge in [-0.3, -0.25) is 4.57 Å². The van der Waals surface area contributed by atoms with Crippen molar-refractivity contribution in [2.75, 3.05) is 6.61 Å². The SMILES string of the molecule is CCCC[C@@](C)(C(=O)OCC)N(Cl)[PH](=O)Oc1ccccc1. The van der Waals surface area contributed by atoms with E-state index in [0.29, 0.717) is 12.2 Å². The Labute approximate surface area is 137 Å². The predicted molar refractivity (Wildman–Crippen MR) is 88.3 cm³/mol. The highest BCUT2D eigenvalue weighted by atomic mass is 35.5. The normalized spacial score (nSPS) is 15.1. The zero-order valence-electron chi connectivity index (χ0n) is 13.2. The molecule has 0 spiro atoms. The van der Waals surface area contributed by atoms with Crippen LogP contribution in [0.3, 0.4) is 0 Å². The number of esters is 1. The molecule has 2 atom stereocenters. The van der Waals surface area contributed by atoms with E-state index in [9.17, 15) is 9.36 Å². The lowest BCUT2D eigenvalue weighted by atomic mass is 9.96. The molecule has 0 fully saturated rings. The van der Waals surface area contributed by atoms with Gasteiger partial charge in [-0.05, 0) is 44.2 Å². The van der Waals surface area contributed by atoms with E-state index in [0.717, 1.165) is 17.0 Å². The van der Waals surface area contributed by atoms with E-state index < -0.39 is 19.7 Å². The molecule has 1 aromatic rings. The van der Waals surface area contributed by atoms with Gasteiger partial charge in [0, 0.05) is 0 Å². The molecule has 0 radical (unpaired) electrons. The lowest BCUT2D eigenvalue weighted by Crippen LogP contribution is -2.46. The number of carbonyl (C=O) groups excluding carboxylic acids is 1. The maximum absolute atomic E-state index is 12.4. The number of hydrogen-bond donors (Lipinski definition) is 0. The first-order chi connectivity index (χ1) is 10.5. The first-order valence-corrected chi connectivity index (χ1v) is 8.96. The summed E-state index contributed by atoms with van der Waals surface area (Å²) < 4.78 is 23.8. The van der Waals surface area contributed by atoms with Gasteiger partial charge in [-0.25, -0.2) is 4.79 Å². The quantitative estimate of drug-likeness (QED) is 0.376. The Morgan fingerprint density at radius 3 is 2.50 bits per heavy atom. The van der Waals surface area contributed by atoms with Crippen LogP contribution >= 0.6 is 20.0 Å². The molecule has 0 bridgehead atoms. The van der Waals surface area contributed by atoms with Crippen LogP contribution in [0.15, 0.2) is 30.3 Å². The maximum atomic E-state index is 12.4. The standard InChI is InChI=1S/C15H23ClNO4P/c1-4-6-12-15(3,14(18)20-5-2)17(16)22(19)21-13-10-8-7-9-11-13/h7-11,22H,4-6,12H2,1-3H3/t15-/m0/s1. The molecular weight excluding hydrogens is 325 g/mol. The monoisotopic (exact) mass is 347 g/mol. The molecule has 0 aromatic heterocycles. The smallest absolute Gasteiger partial charge is 0.328 e. The number of hydrogen-bond acceptors (Lipinski definition) is 4. The molecule has 5 nitrogen and oxygen atoms in total. The van der Waals surface area contributed by atoms with Gasteiger partial charge in [0.1, 0.15) is 11.3 Å². The number of ether oxygens (including phenoxy) is 1. The average Bonchev–Trinajstić information content (AvgIpc) is 2.53. The van der Waals surface area contributed by atoms with E-state index in [4.69, 9.17) is 21.0 Å². The van der Waals surface area contributed by atoms with Gasteiger partial charge in [0.05, 0.1) is 6.61 Å².